The molecule has 0 spiro atoms. The number of aliphatic carboxylic acids is 1. The van der Waals surface area contributed by atoms with E-state index in [0.717, 1.165) is 11.6 Å². The molecule has 0 saturated heterocycles. The average Bonchev–Trinajstić information content (AvgIpc) is 2.55. The average molecular weight is 391 g/mol. The molecule has 0 radical (unpaired) electrons. The third-order valence-electron chi connectivity index (χ3n) is 2.47. The minimum Gasteiger partial charge on any atom is -0.477 e. The van der Waals surface area contributed by atoms with E-state index >= 15 is 0 Å². The molecule has 1 aromatic heterocycles. The molecule has 1 rings (SSSR count). The highest BCUT2D eigenvalue weighted by Crippen LogP contribution is 2.21. The Morgan fingerprint density at radius 3 is 2.60 bits per heavy atom. The summed E-state index contributed by atoms with van der Waals surface area (Å²) in [5, 5.41) is 11.6. The van der Waals surface area contributed by atoms with E-state index in [2.05, 4.69) is 11.6 Å². The number of anilines is 1. The fourth-order valence-corrected chi connectivity index (χ4v) is 3.17. The number of carboxylic acid groups (broad SMARTS) is 1. The van der Waals surface area contributed by atoms with E-state index in [1.165, 1.54) is 0 Å². The standard InChI is InChI=1S/C12H14FN5O5S2/c1-2-24-11(9(15)12(20)21)18-25(22,23)6-3-7(13)10(16-5-6)17-8(19)4-14/h2-3,5,18H,1,4,14-15H2,(H,20,21)(H,16,17,19)/b11-9-. The maximum Gasteiger partial charge on any atom is 0.354 e. The molecular formula is C12H14FN5O5S2. The van der Waals surface area contributed by atoms with Gasteiger partial charge in [0, 0.05) is 0 Å². The first-order valence-electron chi connectivity index (χ1n) is 6.31. The largest absolute Gasteiger partial charge is 0.477 e. The van der Waals surface area contributed by atoms with Crippen LogP contribution in [0.3, 0.4) is 0 Å². The smallest absolute Gasteiger partial charge is 0.354 e. The zero-order valence-corrected chi connectivity index (χ0v) is 14.2. The Balaban J connectivity index is 3.19. The number of halogens is 1. The van der Waals surface area contributed by atoms with Crippen LogP contribution in [-0.2, 0) is 19.6 Å². The molecule has 0 unspecified atom stereocenters. The van der Waals surface area contributed by atoms with Crippen LogP contribution in [0.4, 0.5) is 10.2 Å². The zero-order valence-electron chi connectivity index (χ0n) is 12.5. The van der Waals surface area contributed by atoms with Crippen LogP contribution in [0.25, 0.3) is 0 Å². The number of nitrogens with zero attached hydrogens (tertiary/aromatic N) is 1. The molecule has 13 heteroatoms. The van der Waals surface area contributed by atoms with Crippen LogP contribution < -0.4 is 21.5 Å². The van der Waals surface area contributed by atoms with Gasteiger partial charge in [0.25, 0.3) is 10.0 Å². The number of aromatic nitrogens is 1. The van der Waals surface area contributed by atoms with Gasteiger partial charge in [0.15, 0.2) is 11.6 Å². The van der Waals surface area contributed by atoms with Gasteiger partial charge >= 0.3 is 5.97 Å². The van der Waals surface area contributed by atoms with Crippen LogP contribution in [0.2, 0.25) is 0 Å². The van der Waals surface area contributed by atoms with Crippen molar-refractivity contribution in [3.05, 3.63) is 40.8 Å². The minimum atomic E-state index is -4.39. The maximum atomic E-state index is 13.9. The number of rotatable bonds is 8. The second kappa shape index (κ2) is 8.46. The predicted molar refractivity (Wildman–Crippen MR) is 88.8 cm³/mol. The highest BCUT2D eigenvalue weighted by Gasteiger charge is 2.22. The van der Waals surface area contributed by atoms with E-state index in [9.17, 15) is 22.4 Å². The number of nitrogens with one attached hydrogen (secondary N) is 2. The van der Waals surface area contributed by atoms with Crippen molar-refractivity contribution >= 4 is 39.5 Å². The molecule has 0 saturated carbocycles. The number of carboxylic acids is 1. The molecule has 1 aromatic rings. The first kappa shape index (κ1) is 20.4. The Hall–Kier alpha value is -2.64. The third kappa shape index (κ3) is 5.44. The van der Waals surface area contributed by atoms with Crippen LogP contribution in [0, 0.1) is 5.82 Å². The van der Waals surface area contributed by atoms with Crippen LogP contribution in [0.15, 0.2) is 39.9 Å². The van der Waals surface area contributed by atoms with E-state index in [0.29, 0.717) is 17.8 Å². The quantitative estimate of drug-likeness (QED) is 0.365. The summed E-state index contributed by atoms with van der Waals surface area (Å²) in [5.41, 5.74) is 9.58. The Bertz CT molecular complexity index is 840. The summed E-state index contributed by atoms with van der Waals surface area (Å²) >= 11 is 0.615. The van der Waals surface area contributed by atoms with Crippen molar-refractivity contribution in [2.75, 3.05) is 11.9 Å². The van der Waals surface area contributed by atoms with Crippen LogP contribution in [-0.4, -0.2) is 36.9 Å². The van der Waals surface area contributed by atoms with Gasteiger partial charge in [0.1, 0.15) is 15.6 Å². The summed E-state index contributed by atoms with van der Waals surface area (Å²) in [5.74, 6) is -3.91. The third-order valence-corrected chi connectivity index (χ3v) is 4.64. The molecule has 0 aliphatic carbocycles. The van der Waals surface area contributed by atoms with Crippen molar-refractivity contribution in [2.45, 2.75) is 4.90 Å². The Morgan fingerprint density at radius 1 is 1.48 bits per heavy atom. The van der Waals surface area contributed by atoms with Gasteiger partial charge in [-0.25, -0.2) is 22.6 Å². The Labute approximate surface area is 146 Å². The fourth-order valence-electron chi connectivity index (χ4n) is 1.35. The normalized spacial score (nSPS) is 12.1. The summed E-state index contributed by atoms with van der Waals surface area (Å²) in [7, 11) is -4.39. The van der Waals surface area contributed by atoms with E-state index in [4.69, 9.17) is 16.6 Å². The molecule has 0 fully saturated rings. The Morgan fingerprint density at radius 2 is 2.12 bits per heavy atom. The maximum absolute atomic E-state index is 13.9. The summed E-state index contributed by atoms with van der Waals surface area (Å²) in [6.07, 6.45) is 0.769. The molecule has 0 aliphatic rings. The highest BCUT2D eigenvalue weighted by atomic mass is 32.2. The van der Waals surface area contributed by atoms with Crippen molar-refractivity contribution in [2.24, 2.45) is 11.5 Å². The molecule has 0 bridgehead atoms. The molecule has 1 amide bonds. The number of nitrogens with two attached hydrogens (primary N) is 2. The van der Waals surface area contributed by atoms with Crippen molar-refractivity contribution in [3.8, 4) is 0 Å². The summed E-state index contributed by atoms with van der Waals surface area (Å²) in [4.78, 5) is 24.9. The molecule has 7 N–H and O–H groups in total. The lowest BCUT2D eigenvalue weighted by Gasteiger charge is -2.12. The molecule has 0 aromatic carbocycles. The van der Waals surface area contributed by atoms with Crippen molar-refractivity contribution in [3.63, 3.8) is 0 Å². The number of hydrogen-bond donors (Lipinski definition) is 5. The van der Waals surface area contributed by atoms with Crippen molar-refractivity contribution < 1.29 is 27.5 Å². The van der Waals surface area contributed by atoms with Crippen molar-refractivity contribution in [1.29, 1.82) is 0 Å². The number of hydrogen-bond acceptors (Lipinski definition) is 8. The van der Waals surface area contributed by atoms with E-state index in [1.54, 1.807) is 0 Å². The molecule has 25 heavy (non-hydrogen) atoms. The summed E-state index contributed by atoms with van der Waals surface area (Å²) in [6, 6.07) is 0.592. The van der Waals surface area contributed by atoms with Crippen LogP contribution in [0.5, 0.6) is 0 Å². The fraction of sp³-hybridized carbons (Fsp3) is 0.0833. The predicted octanol–water partition coefficient (Wildman–Crippen LogP) is -0.515. The van der Waals surface area contributed by atoms with E-state index < -0.39 is 55.7 Å². The lowest BCUT2D eigenvalue weighted by Crippen LogP contribution is -2.27. The zero-order chi connectivity index (χ0) is 19.2. The first-order chi connectivity index (χ1) is 11.6. The molecule has 0 atom stereocenters. The number of amides is 1. The number of sulfonamides is 1. The molecule has 0 aliphatic heterocycles. The topological polar surface area (TPSA) is 177 Å². The van der Waals surface area contributed by atoms with E-state index in [-0.39, 0.29) is 0 Å². The lowest BCUT2D eigenvalue weighted by atomic mass is 10.4. The summed E-state index contributed by atoms with van der Waals surface area (Å²) < 4.78 is 40.3. The summed E-state index contributed by atoms with van der Waals surface area (Å²) in [6.45, 7) is 2.92. The van der Waals surface area contributed by atoms with Crippen molar-refractivity contribution in [1.82, 2.24) is 9.71 Å². The molecular weight excluding hydrogens is 377 g/mol. The Kier molecular flexibility index (Phi) is 6.90. The molecule has 10 nitrogen and oxygen atoms in total. The first-order valence-corrected chi connectivity index (χ1v) is 8.67. The van der Waals surface area contributed by atoms with E-state index in [1.807, 2.05) is 10.0 Å². The van der Waals surface area contributed by atoms with Crippen LogP contribution >= 0.6 is 11.8 Å². The monoisotopic (exact) mass is 391 g/mol. The molecule has 1 heterocycles. The number of pyridine rings is 1. The second-order valence-corrected chi connectivity index (χ2v) is 6.85. The van der Waals surface area contributed by atoms with Crippen LogP contribution in [0.1, 0.15) is 0 Å². The van der Waals surface area contributed by atoms with Gasteiger partial charge < -0.3 is 21.9 Å². The van der Waals surface area contributed by atoms with Gasteiger partial charge in [-0.15, -0.1) is 0 Å². The number of thioether (sulfide) groups is 1. The highest BCUT2D eigenvalue weighted by molar-refractivity contribution is 8.06. The van der Waals surface area contributed by atoms with Gasteiger partial charge in [-0.3, -0.25) is 9.52 Å². The second-order valence-electron chi connectivity index (χ2n) is 4.19. The molecule has 136 valence electrons. The SMILES string of the molecule is C=CS/C(NS(=O)(=O)c1cnc(NC(=O)CN)c(F)c1)=C(\N)C(=O)O. The van der Waals surface area contributed by atoms with Gasteiger partial charge in [0.2, 0.25) is 5.91 Å². The minimum absolute atomic E-state index is 0.413. The van der Waals surface area contributed by atoms with Gasteiger partial charge in [-0.2, -0.15) is 0 Å². The van der Waals surface area contributed by atoms with Gasteiger partial charge in [-0.05, 0) is 11.5 Å². The number of carbonyl (C=O) groups is 2. The number of carbonyl (C=O) groups excluding carboxylic acids is 1. The van der Waals surface area contributed by atoms with Gasteiger partial charge in [0.05, 0.1) is 12.7 Å². The lowest BCUT2D eigenvalue weighted by molar-refractivity contribution is -0.132. The van der Waals surface area contributed by atoms with Gasteiger partial charge in [-0.1, -0.05) is 18.3 Å².